The number of para-hydroxylation sites is 1. The van der Waals surface area contributed by atoms with Crippen molar-refractivity contribution in [3.63, 3.8) is 0 Å². The Balaban J connectivity index is 2.33. The first-order valence-corrected chi connectivity index (χ1v) is 6.30. The average molecular weight is 268 g/mol. The summed E-state index contributed by atoms with van der Waals surface area (Å²) in [5.74, 6) is 0.515. The van der Waals surface area contributed by atoms with Gasteiger partial charge in [-0.15, -0.1) is 0 Å². The summed E-state index contributed by atoms with van der Waals surface area (Å²) in [5.41, 5.74) is 6.73. The summed E-state index contributed by atoms with van der Waals surface area (Å²) in [5, 5.41) is 0.682. The lowest BCUT2D eigenvalue weighted by Gasteiger charge is -2.36. The molecule has 98 valence electrons. The fourth-order valence-electron chi connectivity index (χ4n) is 2.23. The molecule has 1 aliphatic rings. The highest BCUT2D eigenvalue weighted by Crippen LogP contribution is 2.35. The Bertz CT molecular complexity index is 463. The molecule has 0 fully saturated rings. The first-order valence-electron chi connectivity index (χ1n) is 5.92. The van der Waals surface area contributed by atoms with Gasteiger partial charge in [-0.2, -0.15) is 0 Å². The van der Waals surface area contributed by atoms with Gasteiger partial charge in [0.25, 0.3) is 0 Å². The first kappa shape index (κ1) is 13.2. The van der Waals surface area contributed by atoms with Crippen LogP contribution in [0.1, 0.15) is 13.3 Å². The van der Waals surface area contributed by atoms with Crippen molar-refractivity contribution in [2.75, 3.05) is 25.2 Å². The van der Waals surface area contributed by atoms with E-state index in [0.29, 0.717) is 24.1 Å². The van der Waals surface area contributed by atoms with Crippen molar-refractivity contribution in [3.8, 4) is 0 Å². The minimum Gasteiger partial charge on any atom is -0.385 e. The molecular formula is C13H18ClN3O. The number of anilines is 1. The van der Waals surface area contributed by atoms with Crippen LogP contribution < -0.4 is 10.6 Å². The van der Waals surface area contributed by atoms with Gasteiger partial charge in [0.1, 0.15) is 0 Å². The Hall–Kier alpha value is -1.26. The van der Waals surface area contributed by atoms with Gasteiger partial charge in [-0.25, -0.2) is 0 Å². The predicted molar refractivity (Wildman–Crippen MR) is 75.3 cm³/mol. The fourth-order valence-corrected chi connectivity index (χ4v) is 2.45. The van der Waals surface area contributed by atoms with Crippen molar-refractivity contribution in [3.05, 3.63) is 29.3 Å². The molecule has 2 N–H and O–H groups in total. The van der Waals surface area contributed by atoms with E-state index >= 15 is 0 Å². The molecule has 4 nitrogen and oxygen atoms in total. The summed E-state index contributed by atoms with van der Waals surface area (Å²) in [6.45, 7) is 3.45. The molecule has 0 saturated heterocycles. The minimum absolute atomic E-state index is 0.176. The van der Waals surface area contributed by atoms with Crippen molar-refractivity contribution in [1.29, 1.82) is 0 Å². The maximum Gasteiger partial charge on any atom is 0.196 e. The van der Waals surface area contributed by atoms with Crippen LogP contribution in [0, 0.1) is 0 Å². The first-order chi connectivity index (χ1) is 8.58. The number of methoxy groups -OCH3 is 1. The number of guanidine groups is 1. The van der Waals surface area contributed by atoms with Crippen LogP contribution in [0.5, 0.6) is 0 Å². The van der Waals surface area contributed by atoms with Crippen LogP contribution in [-0.4, -0.2) is 31.8 Å². The number of aliphatic imine (C=N–C) groups is 1. The Morgan fingerprint density at radius 1 is 1.50 bits per heavy atom. The van der Waals surface area contributed by atoms with Gasteiger partial charge in [0, 0.05) is 13.7 Å². The van der Waals surface area contributed by atoms with Crippen LogP contribution in [0.4, 0.5) is 5.69 Å². The topological polar surface area (TPSA) is 50.9 Å². The molecule has 0 aliphatic carbocycles. The molecular weight excluding hydrogens is 250 g/mol. The van der Waals surface area contributed by atoms with Crippen molar-refractivity contribution in [2.45, 2.75) is 18.9 Å². The summed E-state index contributed by atoms with van der Waals surface area (Å²) in [4.78, 5) is 6.36. The standard InChI is InChI=1S/C13H18ClN3O/c1-13(7-8-18-2)9-16-12(15)17(13)11-6-4-3-5-10(11)14/h3-6H,7-9H2,1-2H3,(H2,15,16). The number of nitrogens with two attached hydrogens (primary N) is 1. The molecule has 1 aromatic rings. The number of benzene rings is 1. The van der Waals surface area contributed by atoms with E-state index in [9.17, 15) is 0 Å². The molecule has 18 heavy (non-hydrogen) atoms. The van der Waals surface area contributed by atoms with E-state index in [1.165, 1.54) is 0 Å². The smallest absolute Gasteiger partial charge is 0.196 e. The van der Waals surface area contributed by atoms with Crippen LogP contribution in [0.15, 0.2) is 29.3 Å². The zero-order valence-electron chi connectivity index (χ0n) is 10.7. The average Bonchev–Trinajstić information content (AvgIpc) is 2.65. The van der Waals surface area contributed by atoms with E-state index in [2.05, 4.69) is 11.9 Å². The van der Waals surface area contributed by atoms with E-state index in [1.807, 2.05) is 29.2 Å². The van der Waals surface area contributed by atoms with Gasteiger partial charge in [0.2, 0.25) is 0 Å². The maximum atomic E-state index is 6.25. The Morgan fingerprint density at radius 2 is 2.22 bits per heavy atom. The SMILES string of the molecule is COCCC1(C)CN=C(N)N1c1ccccc1Cl. The monoisotopic (exact) mass is 267 g/mol. The summed E-state index contributed by atoms with van der Waals surface area (Å²) >= 11 is 6.25. The van der Waals surface area contributed by atoms with Crippen LogP contribution in [0.3, 0.4) is 0 Å². The Kier molecular flexibility index (Phi) is 3.78. The fraction of sp³-hybridized carbons (Fsp3) is 0.462. The van der Waals surface area contributed by atoms with Gasteiger partial charge in [-0.1, -0.05) is 23.7 Å². The van der Waals surface area contributed by atoms with Gasteiger partial charge in [0.15, 0.2) is 5.96 Å². The second-order valence-corrected chi connectivity index (χ2v) is 5.11. The zero-order chi connectivity index (χ0) is 13.2. The van der Waals surface area contributed by atoms with Crippen molar-refractivity contribution >= 4 is 23.2 Å². The van der Waals surface area contributed by atoms with E-state index in [0.717, 1.165) is 12.1 Å². The summed E-state index contributed by atoms with van der Waals surface area (Å²) in [6.07, 6.45) is 0.846. The summed E-state index contributed by atoms with van der Waals surface area (Å²) in [7, 11) is 1.70. The molecule has 1 heterocycles. The number of nitrogens with zero attached hydrogens (tertiary/aromatic N) is 2. The van der Waals surface area contributed by atoms with Crippen molar-refractivity contribution in [1.82, 2.24) is 0 Å². The molecule has 0 bridgehead atoms. The largest absolute Gasteiger partial charge is 0.385 e. The quantitative estimate of drug-likeness (QED) is 0.911. The highest BCUT2D eigenvalue weighted by molar-refractivity contribution is 6.34. The normalized spacial score (nSPS) is 23.3. The molecule has 1 atom stereocenters. The second-order valence-electron chi connectivity index (χ2n) is 4.70. The molecule has 1 aromatic carbocycles. The number of halogens is 1. The molecule has 0 radical (unpaired) electrons. The van der Waals surface area contributed by atoms with Crippen LogP contribution in [0.2, 0.25) is 5.02 Å². The Labute approximate surface area is 112 Å². The number of ether oxygens (including phenoxy) is 1. The third-order valence-electron chi connectivity index (χ3n) is 3.29. The zero-order valence-corrected chi connectivity index (χ0v) is 11.4. The predicted octanol–water partition coefficient (Wildman–Crippen LogP) is 2.27. The summed E-state index contributed by atoms with van der Waals surface area (Å²) in [6, 6.07) is 7.67. The lowest BCUT2D eigenvalue weighted by atomic mass is 9.96. The van der Waals surface area contributed by atoms with Crippen LogP contribution >= 0.6 is 11.6 Å². The number of hydrogen-bond acceptors (Lipinski definition) is 4. The molecule has 2 rings (SSSR count). The number of hydrogen-bond donors (Lipinski definition) is 1. The van der Waals surface area contributed by atoms with E-state index in [1.54, 1.807) is 7.11 Å². The maximum absolute atomic E-state index is 6.25. The Morgan fingerprint density at radius 3 is 2.89 bits per heavy atom. The molecule has 1 unspecified atom stereocenters. The van der Waals surface area contributed by atoms with Gasteiger partial charge in [-0.05, 0) is 25.5 Å². The molecule has 0 amide bonds. The summed E-state index contributed by atoms with van der Waals surface area (Å²) < 4.78 is 5.17. The van der Waals surface area contributed by atoms with Gasteiger partial charge >= 0.3 is 0 Å². The molecule has 0 spiro atoms. The lowest BCUT2D eigenvalue weighted by molar-refractivity contribution is 0.175. The van der Waals surface area contributed by atoms with Crippen molar-refractivity contribution < 1.29 is 4.74 Å². The second kappa shape index (κ2) is 5.16. The molecule has 1 aliphatic heterocycles. The van der Waals surface area contributed by atoms with Gasteiger partial charge in [-0.3, -0.25) is 4.99 Å². The third-order valence-corrected chi connectivity index (χ3v) is 3.61. The molecule has 0 saturated carbocycles. The van der Waals surface area contributed by atoms with Gasteiger partial charge in [0.05, 0.1) is 22.8 Å². The highest BCUT2D eigenvalue weighted by Gasteiger charge is 2.39. The lowest BCUT2D eigenvalue weighted by Crippen LogP contribution is -2.50. The molecule has 5 heteroatoms. The van der Waals surface area contributed by atoms with Crippen LogP contribution in [-0.2, 0) is 4.74 Å². The van der Waals surface area contributed by atoms with E-state index in [-0.39, 0.29) is 5.54 Å². The minimum atomic E-state index is -0.176. The van der Waals surface area contributed by atoms with Crippen molar-refractivity contribution in [2.24, 2.45) is 10.7 Å². The highest BCUT2D eigenvalue weighted by atomic mass is 35.5. The third kappa shape index (κ3) is 2.31. The molecule has 0 aromatic heterocycles. The number of rotatable bonds is 4. The van der Waals surface area contributed by atoms with Crippen LogP contribution in [0.25, 0.3) is 0 Å². The van der Waals surface area contributed by atoms with Gasteiger partial charge < -0.3 is 15.4 Å². The van der Waals surface area contributed by atoms with E-state index < -0.39 is 0 Å². The van der Waals surface area contributed by atoms with E-state index in [4.69, 9.17) is 22.1 Å².